The zero-order valence-electron chi connectivity index (χ0n) is 17.9. The highest BCUT2D eigenvalue weighted by atomic mass is 16.5. The average molecular weight is 422 g/mol. The number of anilines is 1. The van der Waals surface area contributed by atoms with E-state index in [-0.39, 0.29) is 5.60 Å². The quantitative estimate of drug-likeness (QED) is 0.686. The SMILES string of the molecule is COc1cccc(-c2nc(CN3CCC4(CC3)OCCc3cnc(N)nc34)c(C)o2)c1. The minimum atomic E-state index is -0.355. The van der Waals surface area contributed by atoms with Crippen molar-refractivity contribution in [2.75, 3.05) is 32.5 Å². The van der Waals surface area contributed by atoms with Crippen LogP contribution in [0.2, 0.25) is 0 Å². The van der Waals surface area contributed by atoms with E-state index in [9.17, 15) is 0 Å². The van der Waals surface area contributed by atoms with Crippen LogP contribution in [-0.4, -0.2) is 46.7 Å². The molecule has 0 atom stereocenters. The van der Waals surface area contributed by atoms with E-state index in [1.165, 1.54) is 0 Å². The summed E-state index contributed by atoms with van der Waals surface area (Å²) in [6, 6.07) is 7.77. The molecule has 1 saturated heterocycles. The molecule has 1 spiro atoms. The third-order valence-electron chi connectivity index (χ3n) is 6.31. The van der Waals surface area contributed by atoms with Gasteiger partial charge in [-0.05, 0) is 49.9 Å². The number of likely N-dealkylation sites (tertiary alicyclic amines) is 1. The molecule has 0 unspecified atom stereocenters. The lowest BCUT2D eigenvalue weighted by molar-refractivity contribution is -0.102. The van der Waals surface area contributed by atoms with Gasteiger partial charge in [-0.1, -0.05) is 6.07 Å². The van der Waals surface area contributed by atoms with Crippen molar-refractivity contribution in [2.45, 2.75) is 38.3 Å². The number of fused-ring (bicyclic) bond motifs is 2. The van der Waals surface area contributed by atoms with Gasteiger partial charge in [0.1, 0.15) is 17.1 Å². The predicted octanol–water partition coefficient (Wildman–Crippen LogP) is 3.09. The highest BCUT2D eigenvalue weighted by Gasteiger charge is 2.42. The Balaban J connectivity index is 1.30. The molecule has 1 aromatic carbocycles. The van der Waals surface area contributed by atoms with Gasteiger partial charge < -0.3 is 19.6 Å². The van der Waals surface area contributed by atoms with Crippen LogP contribution in [0.1, 0.15) is 35.6 Å². The van der Waals surface area contributed by atoms with Crippen molar-refractivity contribution in [3.8, 4) is 17.2 Å². The highest BCUT2D eigenvalue weighted by molar-refractivity contribution is 5.56. The fourth-order valence-corrected chi connectivity index (χ4v) is 4.54. The molecule has 0 bridgehead atoms. The summed E-state index contributed by atoms with van der Waals surface area (Å²) in [5, 5.41) is 0. The molecule has 162 valence electrons. The maximum Gasteiger partial charge on any atom is 0.226 e. The van der Waals surface area contributed by atoms with E-state index in [1.54, 1.807) is 7.11 Å². The van der Waals surface area contributed by atoms with Gasteiger partial charge in [-0.15, -0.1) is 0 Å². The molecule has 2 N–H and O–H groups in total. The van der Waals surface area contributed by atoms with Gasteiger partial charge >= 0.3 is 0 Å². The average Bonchev–Trinajstić information content (AvgIpc) is 3.16. The summed E-state index contributed by atoms with van der Waals surface area (Å²) in [4.78, 5) is 15.9. The lowest BCUT2D eigenvalue weighted by atomic mass is 9.83. The molecule has 2 aliphatic heterocycles. The Hall–Kier alpha value is -2.97. The fraction of sp³-hybridized carbons (Fsp3) is 0.435. The second-order valence-corrected chi connectivity index (χ2v) is 8.22. The van der Waals surface area contributed by atoms with E-state index in [1.807, 2.05) is 37.4 Å². The number of hydrogen-bond donors (Lipinski definition) is 1. The first-order valence-corrected chi connectivity index (χ1v) is 10.7. The Morgan fingerprint density at radius 3 is 2.87 bits per heavy atom. The van der Waals surface area contributed by atoms with E-state index < -0.39 is 0 Å². The van der Waals surface area contributed by atoms with Crippen molar-refractivity contribution in [3.05, 3.63) is 53.2 Å². The molecule has 0 saturated carbocycles. The molecule has 8 nitrogen and oxygen atoms in total. The van der Waals surface area contributed by atoms with Gasteiger partial charge in [0.25, 0.3) is 0 Å². The summed E-state index contributed by atoms with van der Waals surface area (Å²) < 4.78 is 17.6. The number of piperidine rings is 1. The molecule has 8 heteroatoms. The molecule has 3 aromatic rings. The van der Waals surface area contributed by atoms with Crippen LogP contribution in [0.3, 0.4) is 0 Å². The molecular weight excluding hydrogens is 394 g/mol. The van der Waals surface area contributed by atoms with Crippen molar-refractivity contribution >= 4 is 5.95 Å². The summed E-state index contributed by atoms with van der Waals surface area (Å²) in [5.74, 6) is 2.57. The molecule has 31 heavy (non-hydrogen) atoms. The molecule has 1 fully saturated rings. The minimum Gasteiger partial charge on any atom is -0.497 e. The molecule has 2 aromatic heterocycles. The van der Waals surface area contributed by atoms with Crippen LogP contribution in [0.25, 0.3) is 11.5 Å². The van der Waals surface area contributed by atoms with Crippen molar-refractivity contribution in [3.63, 3.8) is 0 Å². The number of methoxy groups -OCH3 is 1. The number of rotatable bonds is 4. The third kappa shape index (κ3) is 3.77. The number of ether oxygens (including phenoxy) is 2. The van der Waals surface area contributed by atoms with E-state index in [0.717, 1.165) is 72.9 Å². The van der Waals surface area contributed by atoms with E-state index in [0.29, 0.717) is 18.4 Å². The lowest BCUT2D eigenvalue weighted by Crippen LogP contribution is -2.47. The van der Waals surface area contributed by atoms with Crippen LogP contribution >= 0.6 is 0 Å². The Morgan fingerprint density at radius 2 is 2.06 bits per heavy atom. The Kier molecular flexibility index (Phi) is 5.11. The van der Waals surface area contributed by atoms with Gasteiger partial charge in [-0.25, -0.2) is 15.0 Å². The fourth-order valence-electron chi connectivity index (χ4n) is 4.54. The monoisotopic (exact) mass is 421 g/mol. The minimum absolute atomic E-state index is 0.314. The van der Waals surface area contributed by atoms with Crippen LogP contribution < -0.4 is 10.5 Å². The maximum atomic E-state index is 6.28. The number of aromatic nitrogens is 3. The maximum absolute atomic E-state index is 6.28. The van der Waals surface area contributed by atoms with Gasteiger partial charge in [0.2, 0.25) is 11.8 Å². The van der Waals surface area contributed by atoms with Crippen molar-refractivity contribution < 1.29 is 13.9 Å². The predicted molar refractivity (Wildman–Crippen MR) is 116 cm³/mol. The lowest BCUT2D eigenvalue weighted by Gasteiger charge is -2.43. The topological polar surface area (TPSA) is 99.5 Å². The first-order valence-electron chi connectivity index (χ1n) is 10.7. The Labute approximate surface area is 181 Å². The zero-order valence-corrected chi connectivity index (χ0v) is 17.9. The van der Waals surface area contributed by atoms with Gasteiger partial charge in [0, 0.05) is 31.4 Å². The van der Waals surface area contributed by atoms with Crippen LogP contribution in [-0.2, 0) is 23.3 Å². The van der Waals surface area contributed by atoms with E-state index >= 15 is 0 Å². The number of aryl methyl sites for hydroxylation is 1. The second kappa shape index (κ2) is 7.94. The van der Waals surface area contributed by atoms with Crippen LogP contribution in [0, 0.1) is 6.92 Å². The van der Waals surface area contributed by atoms with Gasteiger partial charge in [-0.2, -0.15) is 0 Å². The van der Waals surface area contributed by atoms with Gasteiger partial charge in [-0.3, -0.25) is 4.90 Å². The summed E-state index contributed by atoms with van der Waals surface area (Å²) in [6.07, 6.45) is 4.44. The molecule has 0 radical (unpaired) electrons. The normalized spacial score (nSPS) is 18.1. The zero-order chi connectivity index (χ0) is 21.4. The van der Waals surface area contributed by atoms with Crippen molar-refractivity contribution in [1.29, 1.82) is 0 Å². The van der Waals surface area contributed by atoms with E-state index in [4.69, 9.17) is 24.6 Å². The third-order valence-corrected chi connectivity index (χ3v) is 6.31. The molecule has 4 heterocycles. The van der Waals surface area contributed by atoms with Crippen LogP contribution in [0.15, 0.2) is 34.9 Å². The summed E-state index contributed by atoms with van der Waals surface area (Å²) in [5.41, 5.74) is 9.52. The van der Waals surface area contributed by atoms with E-state index in [2.05, 4.69) is 14.9 Å². The van der Waals surface area contributed by atoms with Gasteiger partial charge in [0.15, 0.2) is 0 Å². The first-order chi connectivity index (χ1) is 15.1. The number of nitrogen functional groups attached to an aromatic ring is 1. The number of oxazole rings is 1. The van der Waals surface area contributed by atoms with Crippen LogP contribution in [0.4, 0.5) is 5.95 Å². The first kappa shape index (κ1) is 20.0. The molecule has 0 amide bonds. The number of nitrogens with two attached hydrogens (primary N) is 1. The second-order valence-electron chi connectivity index (χ2n) is 8.22. The summed E-state index contributed by atoms with van der Waals surface area (Å²) in [7, 11) is 1.66. The number of nitrogens with zero attached hydrogens (tertiary/aromatic N) is 4. The summed E-state index contributed by atoms with van der Waals surface area (Å²) in [6.45, 7) is 5.20. The highest BCUT2D eigenvalue weighted by Crippen LogP contribution is 2.40. The molecule has 5 rings (SSSR count). The molecular formula is C23H27N5O3. The number of benzene rings is 1. The largest absolute Gasteiger partial charge is 0.497 e. The summed E-state index contributed by atoms with van der Waals surface area (Å²) >= 11 is 0. The van der Waals surface area contributed by atoms with Crippen LogP contribution in [0.5, 0.6) is 5.75 Å². The Bertz CT molecular complexity index is 1090. The molecule has 2 aliphatic rings. The molecule has 0 aliphatic carbocycles. The smallest absolute Gasteiger partial charge is 0.226 e. The van der Waals surface area contributed by atoms with Crippen molar-refractivity contribution in [1.82, 2.24) is 19.9 Å². The standard InChI is InChI=1S/C23H27N5O3/c1-15-19(26-21(31-15)16-4-3-5-18(12-16)29-2)14-28-9-7-23(8-10-28)20-17(6-11-30-23)13-25-22(24)27-20/h3-5,12-13H,6-11,14H2,1-2H3,(H2,24,25,27). The Morgan fingerprint density at radius 1 is 1.23 bits per heavy atom. The number of hydrogen-bond acceptors (Lipinski definition) is 8. The van der Waals surface area contributed by atoms with Gasteiger partial charge in [0.05, 0.1) is 25.1 Å². The van der Waals surface area contributed by atoms with Crippen molar-refractivity contribution in [2.24, 2.45) is 0 Å².